The van der Waals surface area contributed by atoms with Gasteiger partial charge in [-0.15, -0.1) is 0 Å². The first-order chi connectivity index (χ1) is 10.3. The standard InChI is InChI=1S/C15H19N3O2S/c16-9-13-1-2-14(20-13)15(19)18-6-4-17(5-7-18)10-12-3-8-21-11-12/h1-3,8,11H,4-7,9-10,16H2. The molecule has 0 spiro atoms. The topological polar surface area (TPSA) is 62.7 Å². The van der Waals surface area contributed by atoms with Gasteiger partial charge in [-0.25, -0.2) is 0 Å². The van der Waals surface area contributed by atoms with Crippen LogP contribution in [-0.2, 0) is 13.1 Å². The van der Waals surface area contributed by atoms with Crippen LogP contribution in [0.4, 0.5) is 0 Å². The van der Waals surface area contributed by atoms with Crippen molar-refractivity contribution in [3.05, 3.63) is 46.0 Å². The predicted octanol–water partition coefficient (Wildman–Crippen LogP) is 1.76. The summed E-state index contributed by atoms with van der Waals surface area (Å²) in [6.45, 7) is 4.55. The molecule has 5 nitrogen and oxygen atoms in total. The second-order valence-corrected chi connectivity index (χ2v) is 5.95. The number of furan rings is 1. The highest BCUT2D eigenvalue weighted by Crippen LogP contribution is 2.15. The van der Waals surface area contributed by atoms with Crippen LogP contribution in [0.15, 0.2) is 33.4 Å². The average molecular weight is 305 g/mol. The SMILES string of the molecule is NCc1ccc(C(=O)N2CCN(Cc3ccsc3)CC2)o1. The Labute approximate surface area is 127 Å². The summed E-state index contributed by atoms with van der Waals surface area (Å²) in [6.07, 6.45) is 0. The molecule has 2 aromatic rings. The lowest BCUT2D eigenvalue weighted by atomic mass is 10.2. The Kier molecular flexibility index (Phi) is 4.38. The van der Waals surface area contributed by atoms with Crippen molar-refractivity contribution < 1.29 is 9.21 Å². The van der Waals surface area contributed by atoms with Crippen LogP contribution >= 0.6 is 11.3 Å². The predicted molar refractivity (Wildman–Crippen MR) is 82.1 cm³/mol. The number of hydrogen-bond donors (Lipinski definition) is 1. The van der Waals surface area contributed by atoms with Gasteiger partial charge in [0.1, 0.15) is 5.76 Å². The van der Waals surface area contributed by atoms with Gasteiger partial charge in [-0.1, -0.05) is 0 Å². The van der Waals surface area contributed by atoms with Crippen molar-refractivity contribution in [3.8, 4) is 0 Å². The third-order valence-corrected chi connectivity index (χ3v) is 4.45. The highest BCUT2D eigenvalue weighted by molar-refractivity contribution is 7.07. The molecule has 2 aromatic heterocycles. The summed E-state index contributed by atoms with van der Waals surface area (Å²) in [7, 11) is 0. The van der Waals surface area contributed by atoms with E-state index in [9.17, 15) is 4.79 Å². The first kappa shape index (κ1) is 14.3. The van der Waals surface area contributed by atoms with Crippen LogP contribution in [-0.4, -0.2) is 41.9 Å². The van der Waals surface area contributed by atoms with Crippen LogP contribution in [0.5, 0.6) is 0 Å². The van der Waals surface area contributed by atoms with Crippen molar-refractivity contribution in [2.24, 2.45) is 5.73 Å². The molecule has 1 amide bonds. The third-order valence-electron chi connectivity index (χ3n) is 3.72. The fraction of sp³-hybridized carbons (Fsp3) is 0.400. The van der Waals surface area contributed by atoms with Crippen molar-refractivity contribution in [2.45, 2.75) is 13.1 Å². The third kappa shape index (κ3) is 3.34. The van der Waals surface area contributed by atoms with Crippen molar-refractivity contribution in [1.82, 2.24) is 9.80 Å². The number of piperazine rings is 1. The zero-order chi connectivity index (χ0) is 14.7. The summed E-state index contributed by atoms with van der Waals surface area (Å²) in [5, 5.41) is 4.27. The van der Waals surface area contributed by atoms with E-state index in [0.717, 1.165) is 32.7 Å². The van der Waals surface area contributed by atoms with Crippen LogP contribution in [0.1, 0.15) is 21.9 Å². The fourth-order valence-electron chi connectivity index (χ4n) is 2.51. The molecule has 0 bridgehead atoms. The molecule has 1 saturated heterocycles. The van der Waals surface area contributed by atoms with Crippen LogP contribution in [0, 0.1) is 0 Å². The summed E-state index contributed by atoms with van der Waals surface area (Å²) in [5.74, 6) is 1.00. The molecule has 0 unspecified atom stereocenters. The number of carbonyl (C=O) groups is 1. The summed E-state index contributed by atoms with van der Waals surface area (Å²) in [6, 6.07) is 5.63. The number of hydrogen-bond acceptors (Lipinski definition) is 5. The fourth-order valence-corrected chi connectivity index (χ4v) is 3.17. The van der Waals surface area contributed by atoms with E-state index in [1.807, 2.05) is 4.90 Å². The summed E-state index contributed by atoms with van der Waals surface area (Å²) in [4.78, 5) is 16.6. The van der Waals surface area contributed by atoms with E-state index >= 15 is 0 Å². The van der Waals surface area contributed by atoms with Gasteiger partial charge in [0.2, 0.25) is 0 Å². The molecule has 0 aliphatic carbocycles. The molecule has 6 heteroatoms. The molecule has 3 heterocycles. The van der Waals surface area contributed by atoms with Crippen LogP contribution in [0.25, 0.3) is 0 Å². The smallest absolute Gasteiger partial charge is 0.289 e. The Morgan fingerprint density at radius 2 is 2.05 bits per heavy atom. The first-order valence-corrected chi connectivity index (χ1v) is 8.02. The van der Waals surface area contributed by atoms with Gasteiger partial charge in [0.15, 0.2) is 5.76 Å². The maximum Gasteiger partial charge on any atom is 0.289 e. The van der Waals surface area contributed by atoms with Gasteiger partial charge < -0.3 is 15.1 Å². The maximum absolute atomic E-state index is 12.3. The Morgan fingerprint density at radius 3 is 2.67 bits per heavy atom. The molecule has 0 atom stereocenters. The van der Waals surface area contributed by atoms with E-state index in [2.05, 4.69) is 21.7 Å². The Balaban J connectivity index is 1.54. The molecule has 1 aliphatic heterocycles. The molecule has 1 aliphatic rings. The van der Waals surface area contributed by atoms with Gasteiger partial charge in [0.05, 0.1) is 6.54 Å². The van der Waals surface area contributed by atoms with E-state index in [-0.39, 0.29) is 5.91 Å². The first-order valence-electron chi connectivity index (χ1n) is 7.08. The number of carbonyl (C=O) groups excluding carboxylic acids is 1. The van der Waals surface area contributed by atoms with Gasteiger partial charge in [-0.3, -0.25) is 9.69 Å². The number of nitrogens with zero attached hydrogens (tertiary/aromatic N) is 2. The van der Waals surface area contributed by atoms with Crippen molar-refractivity contribution >= 4 is 17.2 Å². The Morgan fingerprint density at radius 1 is 1.24 bits per heavy atom. The lowest BCUT2D eigenvalue weighted by molar-refractivity contribution is 0.0596. The normalized spacial score (nSPS) is 16.3. The Hall–Kier alpha value is -1.63. The molecule has 1 fully saturated rings. The molecule has 21 heavy (non-hydrogen) atoms. The van der Waals surface area contributed by atoms with E-state index < -0.39 is 0 Å². The Bertz CT molecular complexity index is 586. The second-order valence-electron chi connectivity index (χ2n) is 5.17. The molecule has 0 saturated carbocycles. The maximum atomic E-state index is 12.3. The minimum absolute atomic E-state index is 0.0371. The average Bonchev–Trinajstić information content (AvgIpc) is 3.18. The van der Waals surface area contributed by atoms with Crippen molar-refractivity contribution in [3.63, 3.8) is 0 Å². The van der Waals surface area contributed by atoms with Crippen molar-refractivity contribution in [2.75, 3.05) is 26.2 Å². The van der Waals surface area contributed by atoms with E-state index in [4.69, 9.17) is 10.2 Å². The van der Waals surface area contributed by atoms with Gasteiger partial charge in [0, 0.05) is 32.7 Å². The summed E-state index contributed by atoms with van der Waals surface area (Å²) < 4.78 is 5.43. The minimum atomic E-state index is -0.0371. The molecular formula is C15H19N3O2S. The molecule has 0 aromatic carbocycles. The van der Waals surface area contributed by atoms with Gasteiger partial charge in [0.25, 0.3) is 5.91 Å². The number of amides is 1. The minimum Gasteiger partial charge on any atom is -0.455 e. The van der Waals surface area contributed by atoms with Crippen molar-refractivity contribution in [1.29, 1.82) is 0 Å². The summed E-state index contributed by atoms with van der Waals surface area (Å²) >= 11 is 1.72. The summed E-state index contributed by atoms with van der Waals surface area (Å²) in [5.41, 5.74) is 6.85. The molecule has 2 N–H and O–H groups in total. The van der Waals surface area contributed by atoms with Crippen LogP contribution < -0.4 is 5.73 Å². The van der Waals surface area contributed by atoms with E-state index in [1.54, 1.807) is 23.5 Å². The van der Waals surface area contributed by atoms with E-state index in [1.165, 1.54) is 5.56 Å². The lowest BCUT2D eigenvalue weighted by Gasteiger charge is -2.34. The number of rotatable bonds is 4. The van der Waals surface area contributed by atoms with Gasteiger partial charge >= 0.3 is 0 Å². The highest BCUT2D eigenvalue weighted by atomic mass is 32.1. The molecule has 3 rings (SSSR count). The lowest BCUT2D eigenvalue weighted by Crippen LogP contribution is -2.48. The van der Waals surface area contributed by atoms with Gasteiger partial charge in [-0.2, -0.15) is 11.3 Å². The zero-order valence-electron chi connectivity index (χ0n) is 11.8. The second kappa shape index (κ2) is 6.43. The molecule has 0 radical (unpaired) electrons. The largest absolute Gasteiger partial charge is 0.455 e. The van der Waals surface area contributed by atoms with E-state index in [0.29, 0.717) is 18.1 Å². The zero-order valence-corrected chi connectivity index (χ0v) is 12.6. The van der Waals surface area contributed by atoms with Gasteiger partial charge in [-0.05, 0) is 34.5 Å². The number of thiophene rings is 1. The molecular weight excluding hydrogens is 286 g/mol. The van der Waals surface area contributed by atoms with Crippen LogP contribution in [0.3, 0.4) is 0 Å². The quantitative estimate of drug-likeness (QED) is 0.935. The van der Waals surface area contributed by atoms with Crippen LogP contribution in [0.2, 0.25) is 0 Å². The molecule has 112 valence electrons. The monoisotopic (exact) mass is 305 g/mol. The highest BCUT2D eigenvalue weighted by Gasteiger charge is 2.24. The number of nitrogens with two attached hydrogens (primary N) is 1.